The number of anilines is 2. The molecule has 134 valence electrons. The quantitative estimate of drug-likeness (QED) is 0.792. The van der Waals surface area contributed by atoms with E-state index in [-0.39, 0.29) is 5.91 Å². The number of carbonyl (C=O) groups excluding carboxylic acids is 1. The smallest absolute Gasteiger partial charge is 0.256 e. The highest BCUT2D eigenvalue weighted by molar-refractivity contribution is 7.20. The summed E-state index contributed by atoms with van der Waals surface area (Å²) in [4.78, 5) is 27.5. The van der Waals surface area contributed by atoms with Crippen molar-refractivity contribution in [2.75, 3.05) is 50.1 Å². The van der Waals surface area contributed by atoms with E-state index in [4.69, 9.17) is 23.2 Å². The van der Waals surface area contributed by atoms with E-state index in [0.29, 0.717) is 40.4 Å². The van der Waals surface area contributed by atoms with Gasteiger partial charge in [0.25, 0.3) is 5.91 Å². The minimum atomic E-state index is -0.0688. The number of hydrogen-bond acceptors (Lipinski definition) is 6. The van der Waals surface area contributed by atoms with Crippen LogP contribution >= 0.6 is 34.5 Å². The molecular weight excluding hydrogens is 381 g/mol. The van der Waals surface area contributed by atoms with E-state index in [1.54, 1.807) is 6.07 Å². The maximum atomic E-state index is 12.6. The molecule has 2 aromatic rings. The number of amides is 1. The molecular formula is C16H19Cl2N5OS. The van der Waals surface area contributed by atoms with E-state index in [1.807, 2.05) is 36.9 Å². The summed E-state index contributed by atoms with van der Waals surface area (Å²) >= 11 is 13.3. The first-order chi connectivity index (χ1) is 11.8. The topological polar surface area (TPSA) is 52.6 Å². The van der Waals surface area contributed by atoms with Crippen molar-refractivity contribution in [2.24, 2.45) is 0 Å². The van der Waals surface area contributed by atoms with Crippen LogP contribution in [0.1, 0.15) is 16.2 Å². The van der Waals surface area contributed by atoms with Crippen LogP contribution in [0, 0.1) is 6.92 Å². The van der Waals surface area contributed by atoms with Crippen molar-refractivity contribution < 1.29 is 4.79 Å². The van der Waals surface area contributed by atoms with Gasteiger partial charge in [-0.2, -0.15) is 0 Å². The van der Waals surface area contributed by atoms with Crippen molar-refractivity contribution >= 4 is 52.1 Å². The summed E-state index contributed by atoms with van der Waals surface area (Å²) in [6.07, 6.45) is 0. The number of hydrogen-bond donors (Lipinski definition) is 0. The molecule has 1 saturated heterocycles. The molecule has 0 saturated carbocycles. The van der Waals surface area contributed by atoms with E-state index >= 15 is 0 Å². The van der Waals surface area contributed by atoms with Crippen molar-refractivity contribution in [3.8, 4) is 0 Å². The Balaban J connectivity index is 1.70. The Morgan fingerprint density at radius 1 is 1.16 bits per heavy atom. The van der Waals surface area contributed by atoms with Gasteiger partial charge in [-0.25, -0.2) is 9.97 Å². The third-order valence-electron chi connectivity index (χ3n) is 4.05. The lowest BCUT2D eigenvalue weighted by molar-refractivity contribution is 0.0747. The largest absolute Gasteiger partial charge is 0.363 e. The molecule has 1 aliphatic rings. The van der Waals surface area contributed by atoms with Gasteiger partial charge in [-0.3, -0.25) is 4.79 Å². The van der Waals surface area contributed by atoms with E-state index < -0.39 is 0 Å². The first-order valence-electron chi connectivity index (χ1n) is 7.87. The molecule has 0 radical (unpaired) electrons. The van der Waals surface area contributed by atoms with Gasteiger partial charge >= 0.3 is 0 Å². The number of thiophene rings is 1. The van der Waals surface area contributed by atoms with E-state index in [0.717, 1.165) is 17.5 Å². The normalized spacial score (nSPS) is 14.8. The highest BCUT2D eigenvalue weighted by atomic mass is 35.5. The highest BCUT2D eigenvalue weighted by Gasteiger charge is 2.25. The summed E-state index contributed by atoms with van der Waals surface area (Å²) in [5, 5.41) is 0. The number of halogens is 2. The lowest BCUT2D eigenvalue weighted by atomic mass is 10.2. The number of carbonyl (C=O) groups is 1. The van der Waals surface area contributed by atoms with Gasteiger partial charge in [0.05, 0.1) is 9.90 Å². The third-order valence-corrected chi connectivity index (χ3v) is 5.53. The molecule has 25 heavy (non-hydrogen) atoms. The van der Waals surface area contributed by atoms with Crippen LogP contribution in [0.4, 0.5) is 11.6 Å². The zero-order chi connectivity index (χ0) is 18.1. The fraction of sp³-hybridized carbons (Fsp3) is 0.438. The molecule has 0 bridgehead atoms. The molecule has 9 heteroatoms. The number of aromatic nitrogens is 2. The Kier molecular flexibility index (Phi) is 5.36. The van der Waals surface area contributed by atoms with Crippen LogP contribution in [0.2, 0.25) is 8.67 Å². The molecule has 3 rings (SSSR count). The second-order valence-electron chi connectivity index (χ2n) is 6.04. The van der Waals surface area contributed by atoms with Crippen molar-refractivity contribution in [2.45, 2.75) is 6.92 Å². The Hall–Kier alpha value is -1.57. The van der Waals surface area contributed by atoms with Gasteiger partial charge in [-0.05, 0) is 13.0 Å². The molecule has 2 aromatic heterocycles. The highest BCUT2D eigenvalue weighted by Crippen LogP contribution is 2.32. The summed E-state index contributed by atoms with van der Waals surface area (Å²) in [7, 11) is 3.91. The number of rotatable bonds is 3. The van der Waals surface area contributed by atoms with E-state index in [1.165, 1.54) is 11.3 Å². The number of aryl methyl sites for hydroxylation is 1. The minimum Gasteiger partial charge on any atom is -0.363 e. The molecule has 0 atom stereocenters. The van der Waals surface area contributed by atoms with Crippen LogP contribution in [-0.4, -0.2) is 61.0 Å². The summed E-state index contributed by atoms with van der Waals surface area (Å²) in [6, 6.07) is 3.61. The average Bonchev–Trinajstić information content (AvgIpc) is 2.92. The van der Waals surface area contributed by atoms with Crippen molar-refractivity contribution in [3.05, 3.63) is 32.2 Å². The maximum absolute atomic E-state index is 12.6. The lowest BCUT2D eigenvalue weighted by Crippen LogP contribution is -2.49. The number of piperazine rings is 1. The molecule has 6 nitrogen and oxygen atoms in total. The third kappa shape index (κ3) is 3.99. The molecule has 0 spiro atoms. The molecule has 1 amide bonds. The molecule has 3 heterocycles. The van der Waals surface area contributed by atoms with E-state index in [9.17, 15) is 4.79 Å². The lowest BCUT2D eigenvalue weighted by Gasteiger charge is -2.35. The summed E-state index contributed by atoms with van der Waals surface area (Å²) < 4.78 is 0.971. The van der Waals surface area contributed by atoms with Gasteiger partial charge in [0.2, 0.25) is 0 Å². The molecule has 0 aromatic carbocycles. The zero-order valence-corrected chi connectivity index (χ0v) is 16.6. The second kappa shape index (κ2) is 7.35. The Morgan fingerprint density at radius 2 is 1.84 bits per heavy atom. The first kappa shape index (κ1) is 18.2. The van der Waals surface area contributed by atoms with E-state index in [2.05, 4.69) is 14.9 Å². The Labute approximate surface area is 161 Å². The van der Waals surface area contributed by atoms with Crippen molar-refractivity contribution in [3.63, 3.8) is 0 Å². The van der Waals surface area contributed by atoms with Gasteiger partial charge in [0.1, 0.15) is 21.8 Å². The van der Waals surface area contributed by atoms with Crippen LogP contribution in [-0.2, 0) is 0 Å². The molecule has 0 unspecified atom stereocenters. The van der Waals surface area contributed by atoms with Crippen molar-refractivity contribution in [1.82, 2.24) is 14.9 Å². The van der Waals surface area contributed by atoms with Crippen LogP contribution in [0.5, 0.6) is 0 Å². The Bertz CT molecular complexity index is 787. The Morgan fingerprint density at radius 3 is 2.40 bits per heavy atom. The first-order valence-corrected chi connectivity index (χ1v) is 9.44. The SMILES string of the molecule is Cc1nc(N(C)C)cc(N2CCN(C(=O)c3cc(Cl)sc3Cl)CC2)n1. The van der Waals surface area contributed by atoms with Crippen LogP contribution in [0.15, 0.2) is 12.1 Å². The predicted molar refractivity (Wildman–Crippen MR) is 104 cm³/mol. The van der Waals surface area contributed by atoms with Gasteiger partial charge in [-0.15, -0.1) is 11.3 Å². The van der Waals surface area contributed by atoms with Gasteiger partial charge in [-0.1, -0.05) is 23.2 Å². The van der Waals surface area contributed by atoms with Crippen LogP contribution < -0.4 is 9.80 Å². The monoisotopic (exact) mass is 399 g/mol. The van der Waals surface area contributed by atoms with Gasteiger partial charge < -0.3 is 14.7 Å². The summed E-state index contributed by atoms with van der Waals surface area (Å²) in [6.45, 7) is 4.54. The minimum absolute atomic E-state index is 0.0688. The molecule has 1 aliphatic heterocycles. The van der Waals surface area contributed by atoms with Gasteiger partial charge in [0.15, 0.2) is 0 Å². The maximum Gasteiger partial charge on any atom is 0.256 e. The predicted octanol–water partition coefficient (Wildman–Crippen LogP) is 3.18. The second-order valence-corrected chi connectivity index (χ2v) is 8.33. The zero-order valence-electron chi connectivity index (χ0n) is 14.3. The number of nitrogens with zero attached hydrogens (tertiary/aromatic N) is 5. The standard InChI is InChI=1S/C16H19Cl2N5OS/c1-10-19-13(21(2)3)9-14(20-10)22-4-6-23(7-5-22)16(24)11-8-12(17)25-15(11)18/h8-9H,4-7H2,1-3H3. The van der Waals surface area contributed by atoms with Crippen LogP contribution in [0.25, 0.3) is 0 Å². The fourth-order valence-corrected chi connectivity index (χ4v) is 4.17. The summed E-state index contributed by atoms with van der Waals surface area (Å²) in [5.41, 5.74) is 0.484. The molecule has 0 N–H and O–H groups in total. The summed E-state index contributed by atoms with van der Waals surface area (Å²) in [5.74, 6) is 2.43. The average molecular weight is 400 g/mol. The van der Waals surface area contributed by atoms with Crippen molar-refractivity contribution in [1.29, 1.82) is 0 Å². The molecule has 1 fully saturated rings. The van der Waals surface area contributed by atoms with Gasteiger partial charge in [0, 0.05) is 46.3 Å². The fourth-order valence-electron chi connectivity index (χ4n) is 2.72. The van der Waals surface area contributed by atoms with Crippen LogP contribution in [0.3, 0.4) is 0 Å². The molecule has 0 aliphatic carbocycles.